The standard InChI is InChI=1S/C16H20N2O2/c1-13-5-3-4-6-14(13)11-17-15-7-8-16(19)18(12-15)9-10-20-2/h3-8,12,17H,9-11H2,1-2H3. The molecule has 2 aromatic rings. The second-order valence-electron chi connectivity index (χ2n) is 4.72. The SMILES string of the molecule is COCCn1cc(NCc2ccccc2C)ccc1=O. The molecular weight excluding hydrogens is 252 g/mol. The Morgan fingerprint density at radius 3 is 2.75 bits per heavy atom. The fourth-order valence-corrected chi connectivity index (χ4v) is 2.01. The smallest absolute Gasteiger partial charge is 0.250 e. The fraction of sp³-hybridized carbons (Fsp3) is 0.312. The summed E-state index contributed by atoms with van der Waals surface area (Å²) >= 11 is 0. The van der Waals surface area contributed by atoms with Crippen molar-refractivity contribution in [1.29, 1.82) is 0 Å². The van der Waals surface area contributed by atoms with E-state index in [-0.39, 0.29) is 5.56 Å². The minimum atomic E-state index is -0.0107. The minimum Gasteiger partial charge on any atom is -0.383 e. The maximum absolute atomic E-state index is 11.7. The van der Waals surface area contributed by atoms with E-state index in [2.05, 4.69) is 24.4 Å². The van der Waals surface area contributed by atoms with Crippen molar-refractivity contribution in [3.05, 3.63) is 64.1 Å². The summed E-state index contributed by atoms with van der Waals surface area (Å²) in [5, 5.41) is 3.35. The van der Waals surface area contributed by atoms with Gasteiger partial charge in [0.2, 0.25) is 0 Å². The molecule has 1 aromatic heterocycles. The zero-order valence-corrected chi connectivity index (χ0v) is 11.9. The second-order valence-corrected chi connectivity index (χ2v) is 4.72. The molecule has 4 heteroatoms. The molecule has 0 fully saturated rings. The van der Waals surface area contributed by atoms with Gasteiger partial charge >= 0.3 is 0 Å². The van der Waals surface area contributed by atoms with Crippen LogP contribution in [0.25, 0.3) is 0 Å². The van der Waals surface area contributed by atoms with Crippen LogP contribution in [0, 0.1) is 6.92 Å². The molecule has 1 N–H and O–H groups in total. The van der Waals surface area contributed by atoms with Gasteiger partial charge in [-0.25, -0.2) is 0 Å². The van der Waals surface area contributed by atoms with Crippen molar-refractivity contribution >= 4 is 5.69 Å². The Hall–Kier alpha value is -2.07. The Morgan fingerprint density at radius 2 is 2.00 bits per heavy atom. The van der Waals surface area contributed by atoms with Crippen molar-refractivity contribution in [3.63, 3.8) is 0 Å². The first-order valence-corrected chi connectivity index (χ1v) is 6.68. The molecule has 106 valence electrons. The molecule has 0 amide bonds. The summed E-state index contributed by atoms with van der Waals surface area (Å²) in [7, 11) is 1.63. The lowest BCUT2D eigenvalue weighted by Crippen LogP contribution is -2.21. The Kier molecular flexibility index (Phi) is 4.96. The lowest BCUT2D eigenvalue weighted by atomic mass is 10.1. The number of methoxy groups -OCH3 is 1. The number of aryl methyl sites for hydroxylation is 1. The predicted octanol–water partition coefficient (Wildman–Crippen LogP) is 2.42. The fourth-order valence-electron chi connectivity index (χ4n) is 2.01. The average Bonchev–Trinajstić information content (AvgIpc) is 2.46. The second kappa shape index (κ2) is 6.91. The number of nitrogens with zero attached hydrogens (tertiary/aromatic N) is 1. The minimum absolute atomic E-state index is 0.0107. The zero-order chi connectivity index (χ0) is 14.4. The van der Waals surface area contributed by atoms with Crippen molar-refractivity contribution in [2.45, 2.75) is 20.0 Å². The highest BCUT2D eigenvalue weighted by Crippen LogP contribution is 2.10. The molecule has 1 aromatic carbocycles. The number of rotatable bonds is 6. The van der Waals surface area contributed by atoms with Gasteiger partial charge < -0.3 is 14.6 Å². The van der Waals surface area contributed by atoms with E-state index in [1.54, 1.807) is 17.7 Å². The number of nitrogens with one attached hydrogen (secondary N) is 1. The molecule has 0 atom stereocenters. The normalized spacial score (nSPS) is 10.5. The molecule has 0 unspecified atom stereocenters. The third-order valence-corrected chi connectivity index (χ3v) is 3.26. The van der Waals surface area contributed by atoms with E-state index < -0.39 is 0 Å². The van der Waals surface area contributed by atoms with E-state index in [0.29, 0.717) is 13.2 Å². The first kappa shape index (κ1) is 14.3. The number of benzene rings is 1. The number of hydrogen-bond acceptors (Lipinski definition) is 3. The highest BCUT2D eigenvalue weighted by atomic mass is 16.5. The Morgan fingerprint density at radius 1 is 1.20 bits per heavy atom. The topological polar surface area (TPSA) is 43.3 Å². The van der Waals surface area contributed by atoms with E-state index in [0.717, 1.165) is 12.2 Å². The Balaban J connectivity index is 2.06. The van der Waals surface area contributed by atoms with Gasteiger partial charge in [-0.05, 0) is 24.1 Å². The summed E-state index contributed by atoms with van der Waals surface area (Å²) in [4.78, 5) is 11.7. The molecule has 0 spiro atoms. The first-order valence-electron chi connectivity index (χ1n) is 6.68. The maximum Gasteiger partial charge on any atom is 0.250 e. The van der Waals surface area contributed by atoms with Crippen LogP contribution in [0.5, 0.6) is 0 Å². The third kappa shape index (κ3) is 3.71. The van der Waals surface area contributed by atoms with E-state index in [4.69, 9.17) is 4.74 Å². The van der Waals surface area contributed by atoms with E-state index in [9.17, 15) is 4.79 Å². The Bertz CT molecular complexity index is 620. The van der Waals surface area contributed by atoms with Crippen LogP contribution in [0.3, 0.4) is 0 Å². The molecule has 0 saturated carbocycles. The zero-order valence-electron chi connectivity index (χ0n) is 11.9. The molecule has 0 saturated heterocycles. The van der Waals surface area contributed by atoms with Gasteiger partial charge in [-0.15, -0.1) is 0 Å². The molecule has 4 nitrogen and oxygen atoms in total. The molecule has 2 rings (SSSR count). The quantitative estimate of drug-likeness (QED) is 0.878. The molecule has 0 radical (unpaired) electrons. The van der Waals surface area contributed by atoms with Gasteiger partial charge in [0.25, 0.3) is 5.56 Å². The van der Waals surface area contributed by atoms with E-state index >= 15 is 0 Å². The van der Waals surface area contributed by atoms with Crippen LogP contribution < -0.4 is 10.9 Å². The molecule has 1 heterocycles. The number of pyridine rings is 1. The lowest BCUT2D eigenvalue weighted by molar-refractivity contribution is 0.186. The summed E-state index contributed by atoms with van der Waals surface area (Å²) in [6, 6.07) is 11.6. The van der Waals surface area contributed by atoms with Crippen molar-refractivity contribution in [1.82, 2.24) is 4.57 Å². The van der Waals surface area contributed by atoms with Gasteiger partial charge in [-0.1, -0.05) is 24.3 Å². The molecule has 0 aliphatic heterocycles. The molecule has 20 heavy (non-hydrogen) atoms. The van der Waals surface area contributed by atoms with Crippen molar-refractivity contribution in [3.8, 4) is 0 Å². The van der Waals surface area contributed by atoms with Gasteiger partial charge in [0, 0.05) is 32.5 Å². The van der Waals surface area contributed by atoms with Gasteiger partial charge in [-0.2, -0.15) is 0 Å². The van der Waals surface area contributed by atoms with Crippen molar-refractivity contribution < 1.29 is 4.74 Å². The molecule has 0 bridgehead atoms. The molecule has 0 aliphatic carbocycles. The Labute approximate surface area is 119 Å². The molecular formula is C16H20N2O2. The van der Waals surface area contributed by atoms with Crippen LogP contribution in [-0.4, -0.2) is 18.3 Å². The first-order chi connectivity index (χ1) is 9.70. The maximum atomic E-state index is 11.7. The van der Waals surface area contributed by atoms with Gasteiger partial charge in [0.15, 0.2) is 0 Å². The van der Waals surface area contributed by atoms with Crippen LogP contribution in [0.4, 0.5) is 5.69 Å². The number of aromatic nitrogens is 1. The largest absolute Gasteiger partial charge is 0.383 e. The lowest BCUT2D eigenvalue weighted by Gasteiger charge is -2.11. The van der Waals surface area contributed by atoms with Crippen LogP contribution in [0.1, 0.15) is 11.1 Å². The predicted molar refractivity (Wildman–Crippen MR) is 81.1 cm³/mol. The average molecular weight is 272 g/mol. The van der Waals surface area contributed by atoms with E-state index in [1.807, 2.05) is 24.4 Å². The van der Waals surface area contributed by atoms with Gasteiger partial charge in [-0.3, -0.25) is 4.79 Å². The van der Waals surface area contributed by atoms with Gasteiger partial charge in [0.05, 0.1) is 12.3 Å². The number of hydrogen-bond donors (Lipinski definition) is 1. The third-order valence-electron chi connectivity index (χ3n) is 3.26. The summed E-state index contributed by atoms with van der Waals surface area (Å²) in [5.41, 5.74) is 3.43. The summed E-state index contributed by atoms with van der Waals surface area (Å²) in [5.74, 6) is 0. The number of ether oxygens (including phenoxy) is 1. The van der Waals surface area contributed by atoms with E-state index in [1.165, 1.54) is 11.1 Å². The van der Waals surface area contributed by atoms with Gasteiger partial charge in [0.1, 0.15) is 0 Å². The molecule has 0 aliphatic rings. The summed E-state index contributed by atoms with van der Waals surface area (Å²) in [6.45, 7) is 3.93. The van der Waals surface area contributed by atoms with Crippen LogP contribution in [-0.2, 0) is 17.8 Å². The highest BCUT2D eigenvalue weighted by molar-refractivity contribution is 5.42. The summed E-state index contributed by atoms with van der Waals surface area (Å²) < 4.78 is 6.66. The van der Waals surface area contributed by atoms with Crippen molar-refractivity contribution in [2.24, 2.45) is 0 Å². The van der Waals surface area contributed by atoms with Crippen LogP contribution in [0.15, 0.2) is 47.4 Å². The van der Waals surface area contributed by atoms with Crippen LogP contribution in [0.2, 0.25) is 0 Å². The summed E-state index contributed by atoms with van der Waals surface area (Å²) in [6.07, 6.45) is 1.83. The van der Waals surface area contributed by atoms with Crippen LogP contribution >= 0.6 is 0 Å². The number of anilines is 1. The van der Waals surface area contributed by atoms with Crippen molar-refractivity contribution in [2.75, 3.05) is 19.0 Å². The highest BCUT2D eigenvalue weighted by Gasteiger charge is 2.00. The monoisotopic (exact) mass is 272 g/mol.